The van der Waals surface area contributed by atoms with Crippen molar-refractivity contribution in [2.24, 2.45) is 0 Å². The van der Waals surface area contributed by atoms with Gasteiger partial charge in [-0.25, -0.2) is 13.8 Å². The van der Waals surface area contributed by atoms with Crippen molar-refractivity contribution in [1.29, 1.82) is 0 Å². The van der Waals surface area contributed by atoms with Gasteiger partial charge in [-0.2, -0.15) is 0 Å². The van der Waals surface area contributed by atoms with Crippen LogP contribution >= 0.6 is 23.4 Å². The number of hydrogen-bond donors (Lipinski definition) is 1. The minimum Gasteiger partial charge on any atom is -0.323 e. The van der Waals surface area contributed by atoms with E-state index in [4.69, 9.17) is 11.6 Å². The number of halogens is 3. The molecule has 1 amide bonds. The molecule has 3 aromatic carbocycles. The lowest BCUT2D eigenvalue weighted by molar-refractivity contribution is -0.113. The summed E-state index contributed by atoms with van der Waals surface area (Å²) in [5.41, 5.74) is 0.441. The molecule has 0 bridgehead atoms. The highest BCUT2D eigenvalue weighted by Crippen LogP contribution is 2.26. The van der Waals surface area contributed by atoms with E-state index in [2.05, 4.69) is 10.3 Å². The summed E-state index contributed by atoms with van der Waals surface area (Å²) in [6.07, 6.45) is 0. The second kappa shape index (κ2) is 8.87. The average molecular weight is 458 g/mol. The Morgan fingerprint density at radius 2 is 1.81 bits per heavy atom. The normalized spacial score (nSPS) is 10.9. The van der Waals surface area contributed by atoms with Crippen LogP contribution in [-0.4, -0.2) is 21.2 Å². The predicted octanol–water partition coefficient (Wildman–Crippen LogP) is 5.05. The third-order valence-electron chi connectivity index (χ3n) is 4.38. The van der Waals surface area contributed by atoms with Crippen molar-refractivity contribution < 1.29 is 13.6 Å². The molecule has 0 spiro atoms. The smallest absolute Gasteiger partial charge is 0.266 e. The molecule has 1 N–H and O–H groups in total. The van der Waals surface area contributed by atoms with Crippen molar-refractivity contribution in [3.63, 3.8) is 0 Å². The summed E-state index contributed by atoms with van der Waals surface area (Å²) in [6.45, 7) is 0. The van der Waals surface area contributed by atoms with Gasteiger partial charge in [0.05, 0.1) is 33.1 Å². The van der Waals surface area contributed by atoms with Gasteiger partial charge in [0.2, 0.25) is 5.91 Å². The first kappa shape index (κ1) is 21.0. The van der Waals surface area contributed by atoms with E-state index in [0.717, 1.165) is 23.9 Å². The van der Waals surface area contributed by atoms with Gasteiger partial charge in [0.15, 0.2) is 5.16 Å². The zero-order valence-electron chi connectivity index (χ0n) is 15.8. The Bertz CT molecular complexity index is 1360. The standard InChI is InChI=1S/C22H14ClF2N3O2S/c23-15-6-2-4-8-19(15)28-21(30)14-5-1-3-7-17(14)27-22(28)31-12-20(29)26-18-10-9-13(24)11-16(18)25/h1-11H,12H2,(H,26,29). The molecule has 0 aliphatic rings. The van der Waals surface area contributed by atoms with Crippen molar-refractivity contribution in [1.82, 2.24) is 9.55 Å². The van der Waals surface area contributed by atoms with Gasteiger partial charge < -0.3 is 5.32 Å². The van der Waals surface area contributed by atoms with E-state index in [1.54, 1.807) is 48.5 Å². The maximum Gasteiger partial charge on any atom is 0.266 e. The topological polar surface area (TPSA) is 64.0 Å². The van der Waals surface area contributed by atoms with E-state index in [1.165, 1.54) is 4.57 Å². The maximum atomic E-state index is 13.8. The highest BCUT2D eigenvalue weighted by molar-refractivity contribution is 7.99. The summed E-state index contributed by atoms with van der Waals surface area (Å²) in [4.78, 5) is 30.1. The number of fused-ring (bicyclic) bond motifs is 1. The van der Waals surface area contributed by atoms with E-state index < -0.39 is 17.5 Å². The molecule has 9 heteroatoms. The van der Waals surface area contributed by atoms with Gasteiger partial charge in [-0.1, -0.05) is 47.6 Å². The Hall–Kier alpha value is -3.23. The lowest BCUT2D eigenvalue weighted by atomic mass is 10.2. The molecular weight excluding hydrogens is 444 g/mol. The molecule has 31 heavy (non-hydrogen) atoms. The fourth-order valence-corrected chi connectivity index (χ4v) is 3.99. The number of rotatable bonds is 5. The number of nitrogens with zero attached hydrogens (tertiary/aromatic N) is 2. The van der Waals surface area contributed by atoms with Gasteiger partial charge in [0.25, 0.3) is 5.56 Å². The second-order valence-corrected chi connectivity index (χ2v) is 7.81. The molecule has 1 aromatic heterocycles. The van der Waals surface area contributed by atoms with Crippen LogP contribution in [0.4, 0.5) is 14.5 Å². The SMILES string of the molecule is O=C(CSc1nc2ccccc2c(=O)n1-c1ccccc1Cl)Nc1ccc(F)cc1F. The Labute approximate surface area is 184 Å². The number of carbonyl (C=O) groups is 1. The molecule has 1 heterocycles. The fourth-order valence-electron chi connectivity index (χ4n) is 2.96. The molecule has 0 saturated heterocycles. The molecule has 0 aliphatic carbocycles. The Kier molecular flexibility index (Phi) is 6.01. The maximum absolute atomic E-state index is 13.8. The highest BCUT2D eigenvalue weighted by Gasteiger charge is 2.17. The molecule has 0 saturated carbocycles. The molecule has 0 unspecified atom stereocenters. The molecule has 5 nitrogen and oxygen atoms in total. The number of hydrogen-bond acceptors (Lipinski definition) is 4. The van der Waals surface area contributed by atoms with Gasteiger partial charge in [-0.3, -0.25) is 14.2 Å². The fraction of sp³-hybridized carbons (Fsp3) is 0.0455. The van der Waals surface area contributed by atoms with Crippen LogP contribution in [0.2, 0.25) is 5.02 Å². The Morgan fingerprint density at radius 1 is 1.06 bits per heavy atom. The molecule has 0 radical (unpaired) electrons. The van der Waals surface area contributed by atoms with Crippen LogP contribution in [0.1, 0.15) is 0 Å². The number of amides is 1. The van der Waals surface area contributed by atoms with E-state index in [1.807, 2.05) is 0 Å². The van der Waals surface area contributed by atoms with E-state index in [0.29, 0.717) is 27.7 Å². The number of aromatic nitrogens is 2. The number of para-hydroxylation sites is 2. The molecule has 156 valence electrons. The van der Waals surface area contributed by atoms with Crippen molar-refractivity contribution in [2.75, 3.05) is 11.1 Å². The van der Waals surface area contributed by atoms with E-state index in [9.17, 15) is 18.4 Å². The summed E-state index contributed by atoms with van der Waals surface area (Å²) in [7, 11) is 0. The van der Waals surface area contributed by atoms with Crippen molar-refractivity contribution in [2.45, 2.75) is 5.16 Å². The summed E-state index contributed by atoms with van der Waals surface area (Å²) >= 11 is 7.31. The largest absolute Gasteiger partial charge is 0.323 e. The van der Waals surface area contributed by atoms with Crippen LogP contribution in [0.5, 0.6) is 0 Å². The van der Waals surface area contributed by atoms with Gasteiger partial charge in [0, 0.05) is 6.07 Å². The Morgan fingerprint density at radius 3 is 2.58 bits per heavy atom. The van der Waals surface area contributed by atoms with Crippen LogP contribution in [0.15, 0.2) is 76.7 Å². The number of thioether (sulfide) groups is 1. The molecule has 0 fully saturated rings. The molecule has 4 aromatic rings. The minimum atomic E-state index is -0.879. The lowest BCUT2D eigenvalue weighted by Crippen LogP contribution is -2.23. The average Bonchev–Trinajstić information content (AvgIpc) is 2.75. The zero-order chi connectivity index (χ0) is 22.0. The van der Waals surface area contributed by atoms with Crippen molar-refractivity contribution in [3.8, 4) is 5.69 Å². The summed E-state index contributed by atoms with van der Waals surface area (Å²) in [6, 6.07) is 16.5. The summed E-state index contributed by atoms with van der Waals surface area (Å²) in [5, 5.41) is 3.40. The predicted molar refractivity (Wildman–Crippen MR) is 118 cm³/mol. The quantitative estimate of drug-likeness (QED) is 0.336. The van der Waals surface area contributed by atoms with Crippen LogP contribution in [-0.2, 0) is 4.79 Å². The first-order valence-electron chi connectivity index (χ1n) is 9.08. The van der Waals surface area contributed by atoms with Gasteiger partial charge >= 0.3 is 0 Å². The second-order valence-electron chi connectivity index (χ2n) is 6.46. The van der Waals surface area contributed by atoms with Gasteiger partial charge in [0.1, 0.15) is 11.6 Å². The van der Waals surface area contributed by atoms with Crippen LogP contribution in [0.3, 0.4) is 0 Å². The molecule has 0 aliphatic heterocycles. The lowest BCUT2D eigenvalue weighted by Gasteiger charge is -2.14. The summed E-state index contributed by atoms with van der Waals surface area (Å²) in [5.74, 6) is -2.32. The van der Waals surface area contributed by atoms with E-state index in [-0.39, 0.29) is 22.2 Å². The highest BCUT2D eigenvalue weighted by atomic mass is 35.5. The number of anilines is 1. The molecular formula is C22H14ClF2N3O2S. The van der Waals surface area contributed by atoms with Crippen LogP contribution in [0.25, 0.3) is 16.6 Å². The first-order chi connectivity index (χ1) is 14.9. The summed E-state index contributed by atoms with van der Waals surface area (Å²) < 4.78 is 28.2. The minimum absolute atomic E-state index is 0.137. The first-order valence-corrected chi connectivity index (χ1v) is 10.4. The number of benzene rings is 3. The Balaban J connectivity index is 1.68. The zero-order valence-corrected chi connectivity index (χ0v) is 17.4. The molecule has 0 atom stereocenters. The molecule has 4 rings (SSSR count). The van der Waals surface area contributed by atoms with E-state index >= 15 is 0 Å². The van der Waals surface area contributed by atoms with Gasteiger partial charge in [-0.15, -0.1) is 0 Å². The monoisotopic (exact) mass is 457 g/mol. The number of carbonyl (C=O) groups excluding carboxylic acids is 1. The van der Waals surface area contributed by atoms with Crippen LogP contribution in [0, 0.1) is 11.6 Å². The number of nitrogens with one attached hydrogen (secondary N) is 1. The van der Waals surface area contributed by atoms with Crippen LogP contribution < -0.4 is 10.9 Å². The van der Waals surface area contributed by atoms with Crippen molar-refractivity contribution >= 4 is 45.9 Å². The third kappa shape index (κ3) is 4.45. The van der Waals surface area contributed by atoms with Gasteiger partial charge in [-0.05, 0) is 36.4 Å². The van der Waals surface area contributed by atoms with Crippen molar-refractivity contribution in [3.05, 3.63) is 93.7 Å². The third-order valence-corrected chi connectivity index (χ3v) is 5.63.